The molecule has 18 heavy (non-hydrogen) atoms. The number of methoxy groups -OCH3 is 1. The fourth-order valence-corrected chi connectivity index (χ4v) is 2.22. The molecule has 0 radical (unpaired) electrons. The molecule has 1 saturated carbocycles. The van der Waals surface area contributed by atoms with E-state index in [1.54, 1.807) is 7.11 Å². The lowest BCUT2D eigenvalue weighted by Gasteiger charge is -2.17. The Morgan fingerprint density at radius 3 is 2.83 bits per heavy atom. The van der Waals surface area contributed by atoms with Gasteiger partial charge in [0.1, 0.15) is 0 Å². The van der Waals surface area contributed by atoms with Crippen LogP contribution in [0.1, 0.15) is 42.9 Å². The summed E-state index contributed by atoms with van der Waals surface area (Å²) in [5, 5.41) is 8.67. The van der Waals surface area contributed by atoms with Gasteiger partial charge in [-0.25, -0.2) is 0 Å². The average molecular weight is 249 g/mol. The molecule has 0 spiro atoms. The van der Waals surface area contributed by atoms with Gasteiger partial charge in [-0.15, -0.1) is 0 Å². The van der Waals surface area contributed by atoms with E-state index >= 15 is 0 Å². The number of hydrogen-bond donors (Lipinski definition) is 2. The van der Waals surface area contributed by atoms with E-state index in [-0.39, 0.29) is 18.1 Å². The second kappa shape index (κ2) is 5.08. The van der Waals surface area contributed by atoms with Gasteiger partial charge >= 0.3 is 5.97 Å². The molecule has 0 bridgehead atoms. The van der Waals surface area contributed by atoms with Crippen LogP contribution >= 0.6 is 0 Å². The summed E-state index contributed by atoms with van der Waals surface area (Å²) >= 11 is 0. The number of hydrogen-bond acceptors (Lipinski definition) is 3. The van der Waals surface area contributed by atoms with Crippen molar-refractivity contribution in [2.45, 2.75) is 37.3 Å². The largest absolute Gasteiger partial charge is 0.481 e. The molecule has 0 aromatic heterocycles. The molecule has 1 atom stereocenters. The molecule has 1 fully saturated rings. The van der Waals surface area contributed by atoms with Crippen LogP contribution in [-0.4, -0.2) is 18.2 Å². The predicted octanol–water partition coefficient (Wildman–Crippen LogP) is 2.19. The van der Waals surface area contributed by atoms with Gasteiger partial charge in [0.2, 0.25) is 0 Å². The van der Waals surface area contributed by atoms with E-state index in [2.05, 4.69) is 0 Å². The Hall–Kier alpha value is -1.39. The predicted molar refractivity (Wildman–Crippen MR) is 68.2 cm³/mol. The van der Waals surface area contributed by atoms with Gasteiger partial charge < -0.3 is 15.6 Å². The second-order valence-corrected chi connectivity index (χ2v) is 4.86. The van der Waals surface area contributed by atoms with Crippen molar-refractivity contribution in [2.24, 2.45) is 5.73 Å². The van der Waals surface area contributed by atoms with Crippen LogP contribution in [-0.2, 0) is 15.1 Å². The SMILES string of the molecule is COC1(c2cccc(C(N)CCC(=O)O)c2)CC1. The Bertz CT molecular complexity index is 440. The molecule has 0 aliphatic heterocycles. The quantitative estimate of drug-likeness (QED) is 0.810. The van der Waals surface area contributed by atoms with Crippen molar-refractivity contribution in [3.05, 3.63) is 35.4 Å². The minimum Gasteiger partial charge on any atom is -0.481 e. The van der Waals surface area contributed by atoms with Crippen molar-refractivity contribution in [1.29, 1.82) is 0 Å². The lowest BCUT2D eigenvalue weighted by Crippen LogP contribution is -2.14. The third kappa shape index (κ3) is 2.71. The molecule has 1 unspecified atom stereocenters. The van der Waals surface area contributed by atoms with Crippen molar-refractivity contribution < 1.29 is 14.6 Å². The van der Waals surface area contributed by atoms with Gasteiger partial charge in [0.25, 0.3) is 0 Å². The molecule has 2 rings (SSSR count). The van der Waals surface area contributed by atoms with Gasteiger partial charge in [-0.05, 0) is 30.4 Å². The molecule has 4 heteroatoms. The molecule has 1 aromatic rings. The average Bonchev–Trinajstić information content (AvgIpc) is 3.17. The number of benzene rings is 1. The van der Waals surface area contributed by atoms with Gasteiger partial charge in [0.05, 0.1) is 5.60 Å². The first kappa shape index (κ1) is 13.1. The van der Waals surface area contributed by atoms with Crippen LogP contribution in [0.3, 0.4) is 0 Å². The number of carboxylic acids is 1. The van der Waals surface area contributed by atoms with E-state index in [1.165, 1.54) is 0 Å². The zero-order valence-corrected chi connectivity index (χ0v) is 10.6. The summed E-state index contributed by atoms with van der Waals surface area (Å²) in [6.07, 6.45) is 2.63. The van der Waals surface area contributed by atoms with Gasteiger partial charge in [0, 0.05) is 19.6 Å². The summed E-state index contributed by atoms with van der Waals surface area (Å²) < 4.78 is 5.53. The molecule has 4 nitrogen and oxygen atoms in total. The molecular weight excluding hydrogens is 230 g/mol. The maximum Gasteiger partial charge on any atom is 0.303 e. The van der Waals surface area contributed by atoms with Crippen LogP contribution in [0.4, 0.5) is 0 Å². The second-order valence-electron chi connectivity index (χ2n) is 4.86. The van der Waals surface area contributed by atoms with E-state index in [4.69, 9.17) is 15.6 Å². The highest BCUT2D eigenvalue weighted by atomic mass is 16.5. The first-order valence-corrected chi connectivity index (χ1v) is 6.20. The summed E-state index contributed by atoms with van der Waals surface area (Å²) in [7, 11) is 1.73. The molecule has 0 amide bonds. The standard InChI is InChI=1S/C14H19NO3/c1-18-14(7-8-14)11-4-2-3-10(9-11)12(15)5-6-13(16)17/h2-4,9,12H,5-8,15H2,1H3,(H,16,17). The van der Waals surface area contributed by atoms with Crippen molar-refractivity contribution in [1.82, 2.24) is 0 Å². The number of nitrogens with two attached hydrogens (primary N) is 1. The highest BCUT2D eigenvalue weighted by Gasteiger charge is 2.44. The number of aliphatic carboxylic acids is 1. The van der Waals surface area contributed by atoms with E-state index < -0.39 is 5.97 Å². The Morgan fingerprint density at radius 2 is 2.28 bits per heavy atom. The first-order chi connectivity index (χ1) is 8.57. The van der Waals surface area contributed by atoms with Gasteiger partial charge in [-0.1, -0.05) is 24.3 Å². The van der Waals surface area contributed by atoms with Crippen molar-refractivity contribution in [2.75, 3.05) is 7.11 Å². The molecule has 1 aromatic carbocycles. The molecule has 0 heterocycles. The summed E-state index contributed by atoms with van der Waals surface area (Å²) in [6, 6.07) is 7.77. The summed E-state index contributed by atoms with van der Waals surface area (Å²) in [5.41, 5.74) is 8.02. The normalized spacial score (nSPS) is 18.3. The number of carboxylic acid groups (broad SMARTS) is 1. The van der Waals surface area contributed by atoms with Crippen molar-refractivity contribution >= 4 is 5.97 Å². The van der Waals surface area contributed by atoms with E-state index in [0.717, 1.165) is 24.0 Å². The minimum absolute atomic E-state index is 0.0980. The summed E-state index contributed by atoms with van der Waals surface area (Å²) in [6.45, 7) is 0. The highest BCUT2D eigenvalue weighted by molar-refractivity contribution is 5.66. The van der Waals surface area contributed by atoms with Gasteiger partial charge in [0.15, 0.2) is 0 Å². The third-order valence-electron chi connectivity index (χ3n) is 3.60. The topological polar surface area (TPSA) is 72.5 Å². The van der Waals surface area contributed by atoms with Crippen LogP contribution in [0.5, 0.6) is 0 Å². The number of carbonyl (C=O) groups is 1. The third-order valence-corrected chi connectivity index (χ3v) is 3.60. The van der Waals surface area contributed by atoms with Gasteiger partial charge in [-0.3, -0.25) is 4.79 Å². The van der Waals surface area contributed by atoms with E-state index in [1.807, 2.05) is 24.3 Å². The lowest BCUT2D eigenvalue weighted by molar-refractivity contribution is -0.137. The monoisotopic (exact) mass is 249 g/mol. The molecule has 3 N–H and O–H groups in total. The van der Waals surface area contributed by atoms with Crippen LogP contribution in [0.15, 0.2) is 24.3 Å². The molecular formula is C14H19NO3. The van der Waals surface area contributed by atoms with E-state index in [0.29, 0.717) is 6.42 Å². The zero-order chi connectivity index (χ0) is 13.2. The fourth-order valence-electron chi connectivity index (χ4n) is 2.22. The van der Waals surface area contributed by atoms with Crippen LogP contribution in [0.25, 0.3) is 0 Å². The maximum absolute atomic E-state index is 10.5. The van der Waals surface area contributed by atoms with Crippen molar-refractivity contribution in [3.63, 3.8) is 0 Å². The smallest absolute Gasteiger partial charge is 0.303 e. The number of ether oxygens (including phenoxy) is 1. The highest BCUT2D eigenvalue weighted by Crippen LogP contribution is 2.48. The Labute approximate surface area is 107 Å². The fraction of sp³-hybridized carbons (Fsp3) is 0.500. The Morgan fingerprint density at radius 1 is 1.56 bits per heavy atom. The zero-order valence-electron chi connectivity index (χ0n) is 10.6. The van der Waals surface area contributed by atoms with E-state index in [9.17, 15) is 4.79 Å². The Balaban J connectivity index is 2.09. The van der Waals surface area contributed by atoms with Gasteiger partial charge in [-0.2, -0.15) is 0 Å². The summed E-state index contributed by atoms with van der Waals surface area (Å²) in [4.78, 5) is 10.5. The lowest BCUT2D eigenvalue weighted by atomic mass is 9.98. The maximum atomic E-state index is 10.5. The minimum atomic E-state index is -0.808. The van der Waals surface area contributed by atoms with Crippen LogP contribution in [0.2, 0.25) is 0 Å². The summed E-state index contributed by atoms with van der Waals surface area (Å²) in [5.74, 6) is -0.808. The van der Waals surface area contributed by atoms with Crippen LogP contribution < -0.4 is 5.73 Å². The van der Waals surface area contributed by atoms with Crippen molar-refractivity contribution in [3.8, 4) is 0 Å². The van der Waals surface area contributed by atoms with Crippen LogP contribution in [0, 0.1) is 0 Å². The molecule has 98 valence electrons. The molecule has 1 aliphatic rings. The molecule has 0 saturated heterocycles. The Kier molecular flexibility index (Phi) is 3.68. The first-order valence-electron chi connectivity index (χ1n) is 6.20. The number of rotatable bonds is 6. The molecule has 1 aliphatic carbocycles.